The van der Waals surface area contributed by atoms with E-state index in [9.17, 15) is 9.18 Å². The third kappa shape index (κ3) is 3.59. The molecule has 0 saturated carbocycles. The maximum absolute atomic E-state index is 12.7. The lowest BCUT2D eigenvalue weighted by atomic mass is 10.2. The second kappa shape index (κ2) is 6.06. The molecule has 98 valence electrons. The van der Waals surface area contributed by atoms with Gasteiger partial charge >= 0.3 is 0 Å². The lowest BCUT2D eigenvalue weighted by Crippen LogP contribution is -2.12. The quantitative estimate of drug-likeness (QED) is 0.860. The Labute approximate surface area is 110 Å². The van der Waals surface area contributed by atoms with Crippen molar-refractivity contribution in [2.45, 2.75) is 6.61 Å². The van der Waals surface area contributed by atoms with E-state index in [4.69, 9.17) is 4.74 Å². The van der Waals surface area contributed by atoms with Crippen LogP contribution in [0.4, 0.5) is 10.1 Å². The van der Waals surface area contributed by atoms with Crippen molar-refractivity contribution >= 4 is 11.6 Å². The highest BCUT2D eigenvalue weighted by molar-refractivity contribution is 6.04. The SMILES string of the molecule is COCc1cccc(NC(=O)c2ccc(F)nc2)c1. The zero-order valence-electron chi connectivity index (χ0n) is 10.4. The van der Waals surface area contributed by atoms with Crippen LogP contribution >= 0.6 is 0 Å². The highest BCUT2D eigenvalue weighted by Gasteiger charge is 2.07. The topological polar surface area (TPSA) is 51.2 Å². The van der Waals surface area contributed by atoms with Crippen LogP contribution in [-0.2, 0) is 11.3 Å². The molecule has 5 heteroatoms. The Morgan fingerprint density at radius 3 is 2.89 bits per heavy atom. The van der Waals surface area contributed by atoms with E-state index in [1.807, 2.05) is 18.2 Å². The molecule has 0 bridgehead atoms. The Morgan fingerprint density at radius 2 is 2.21 bits per heavy atom. The van der Waals surface area contributed by atoms with E-state index in [0.717, 1.165) is 11.6 Å². The summed E-state index contributed by atoms with van der Waals surface area (Å²) in [7, 11) is 1.61. The number of methoxy groups -OCH3 is 1. The van der Waals surface area contributed by atoms with Gasteiger partial charge in [0.2, 0.25) is 5.95 Å². The summed E-state index contributed by atoms with van der Waals surface area (Å²) in [6.07, 6.45) is 1.20. The number of nitrogens with zero attached hydrogens (tertiary/aromatic N) is 1. The van der Waals surface area contributed by atoms with Crippen LogP contribution in [0.2, 0.25) is 0 Å². The number of halogens is 1. The third-order valence-electron chi connectivity index (χ3n) is 2.49. The van der Waals surface area contributed by atoms with Crippen LogP contribution in [0.1, 0.15) is 15.9 Å². The smallest absolute Gasteiger partial charge is 0.257 e. The molecule has 0 spiro atoms. The lowest BCUT2D eigenvalue weighted by Gasteiger charge is -2.07. The van der Waals surface area contributed by atoms with Crippen LogP contribution < -0.4 is 5.32 Å². The maximum Gasteiger partial charge on any atom is 0.257 e. The number of nitrogens with one attached hydrogen (secondary N) is 1. The van der Waals surface area contributed by atoms with E-state index < -0.39 is 5.95 Å². The van der Waals surface area contributed by atoms with Gasteiger partial charge in [0.25, 0.3) is 5.91 Å². The summed E-state index contributed by atoms with van der Waals surface area (Å²) in [6.45, 7) is 0.474. The second-order valence-corrected chi connectivity index (χ2v) is 3.96. The summed E-state index contributed by atoms with van der Waals surface area (Å²) in [5, 5.41) is 2.72. The molecule has 0 aliphatic carbocycles. The van der Waals surface area contributed by atoms with Gasteiger partial charge in [-0.05, 0) is 29.8 Å². The first kappa shape index (κ1) is 13.2. The number of hydrogen-bond acceptors (Lipinski definition) is 3. The van der Waals surface area contributed by atoms with Gasteiger partial charge in [-0.3, -0.25) is 4.79 Å². The molecule has 0 aliphatic heterocycles. The van der Waals surface area contributed by atoms with Crippen LogP contribution in [0.5, 0.6) is 0 Å². The van der Waals surface area contributed by atoms with Gasteiger partial charge in [0.15, 0.2) is 0 Å². The van der Waals surface area contributed by atoms with Crippen molar-refractivity contribution in [2.75, 3.05) is 12.4 Å². The summed E-state index contributed by atoms with van der Waals surface area (Å²) in [6, 6.07) is 9.85. The van der Waals surface area contributed by atoms with Crippen molar-refractivity contribution in [3.63, 3.8) is 0 Å². The van der Waals surface area contributed by atoms with Gasteiger partial charge in [-0.2, -0.15) is 4.39 Å². The van der Waals surface area contributed by atoms with Crippen LogP contribution in [0.25, 0.3) is 0 Å². The Morgan fingerprint density at radius 1 is 1.37 bits per heavy atom. The molecule has 1 N–H and O–H groups in total. The third-order valence-corrected chi connectivity index (χ3v) is 2.49. The molecule has 0 aliphatic rings. The number of carbonyl (C=O) groups excluding carboxylic acids is 1. The van der Waals surface area contributed by atoms with Crippen molar-refractivity contribution in [2.24, 2.45) is 0 Å². The van der Waals surface area contributed by atoms with E-state index in [1.165, 1.54) is 12.3 Å². The first-order valence-electron chi connectivity index (χ1n) is 5.70. The molecule has 19 heavy (non-hydrogen) atoms. The van der Waals surface area contributed by atoms with Crippen LogP contribution in [0.15, 0.2) is 42.6 Å². The van der Waals surface area contributed by atoms with Crippen molar-refractivity contribution in [3.8, 4) is 0 Å². The Balaban J connectivity index is 2.10. The monoisotopic (exact) mass is 260 g/mol. The highest BCUT2D eigenvalue weighted by atomic mass is 19.1. The number of hydrogen-bond donors (Lipinski definition) is 1. The Bertz CT molecular complexity index is 570. The Hall–Kier alpha value is -2.27. The molecular weight excluding hydrogens is 247 g/mol. The number of benzene rings is 1. The van der Waals surface area contributed by atoms with E-state index in [2.05, 4.69) is 10.3 Å². The van der Waals surface area contributed by atoms with E-state index in [-0.39, 0.29) is 5.91 Å². The fourth-order valence-electron chi connectivity index (χ4n) is 1.62. The number of anilines is 1. The van der Waals surface area contributed by atoms with Gasteiger partial charge in [-0.25, -0.2) is 4.98 Å². The minimum absolute atomic E-state index is 0.304. The summed E-state index contributed by atoms with van der Waals surface area (Å²) >= 11 is 0. The zero-order chi connectivity index (χ0) is 13.7. The van der Waals surface area contributed by atoms with Crippen molar-refractivity contribution in [1.29, 1.82) is 0 Å². The second-order valence-electron chi connectivity index (χ2n) is 3.96. The molecule has 1 amide bonds. The molecule has 0 saturated heterocycles. The Kier molecular flexibility index (Phi) is 4.20. The predicted octanol–water partition coefficient (Wildman–Crippen LogP) is 2.62. The van der Waals surface area contributed by atoms with Gasteiger partial charge < -0.3 is 10.1 Å². The number of rotatable bonds is 4. The molecule has 0 unspecified atom stereocenters. The highest BCUT2D eigenvalue weighted by Crippen LogP contribution is 2.13. The lowest BCUT2D eigenvalue weighted by molar-refractivity contribution is 0.102. The van der Waals surface area contributed by atoms with Gasteiger partial charge in [0.05, 0.1) is 12.2 Å². The first-order chi connectivity index (χ1) is 9.19. The molecule has 1 heterocycles. The molecule has 2 aromatic rings. The van der Waals surface area contributed by atoms with Crippen molar-refractivity contribution < 1.29 is 13.9 Å². The molecule has 1 aromatic heterocycles. The minimum atomic E-state index is -0.612. The van der Waals surface area contributed by atoms with Gasteiger partial charge in [-0.15, -0.1) is 0 Å². The number of pyridine rings is 1. The molecule has 2 rings (SSSR count). The number of ether oxygens (including phenoxy) is 1. The van der Waals surface area contributed by atoms with Gasteiger partial charge in [-0.1, -0.05) is 12.1 Å². The maximum atomic E-state index is 12.7. The van der Waals surface area contributed by atoms with Gasteiger partial charge in [0.1, 0.15) is 0 Å². The minimum Gasteiger partial charge on any atom is -0.380 e. The molecule has 0 radical (unpaired) electrons. The zero-order valence-corrected chi connectivity index (χ0v) is 10.4. The largest absolute Gasteiger partial charge is 0.380 e. The number of amides is 1. The molecule has 0 atom stereocenters. The predicted molar refractivity (Wildman–Crippen MR) is 69.3 cm³/mol. The standard InChI is InChI=1S/C14H13FN2O2/c1-19-9-10-3-2-4-12(7-10)17-14(18)11-5-6-13(15)16-8-11/h2-8H,9H2,1H3,(H,17,18). The summed E-state index contributed by atoms with van der Waals surface area (Å²) < 4.78 is 17.7. The van der Waals surface area contributed by atoms with E-state index >= 15 is 0 Å². The van der Waals surface area contributed by atoms with E-state index in [0.29, 0.717) is 17.9 Å². The number of aromatic nitrogens is 1. The molecular formula is C14H13FN2O2. The molecule has 1 aromatic carbocycles. The summed E-state index contributed by atoms with van der Waals surface area (Å²) in [5.41, 5.74) is 1.92. The number of carbonyl (C=O) groups is 1. The van der Waals surface area contributed by atoms with E-state index in [1.54, 1.807) is 13.2 Å². The van der Waals surface area contributed by atoms with Crippen molar-refractivity contribution in [1.82, 2.24) is 4.98 Å². The normalized spacial score (nSPS) is 10.2. The average Bonchev–Trinajstić information content (AvgIpc) is 2.40. The van der Waals surface area contributed by atoms with Crippen LogP contribution in [-0.4, -0.2) is 18.0 Å². The molecule has 4 nitrogen and oxygen atoms in total. The van der Waals surface area contributed by atoms with Gasteiger partial charge in [0, 0.05) is 19.0 Å². The fraction of sp³-hybridized carbons (Fsp3) is 0.143. The average molecular weight is 260 g/mol. The molecule has 0 fully saturated rings. The summed E-state index contributed by atoms with van der Waals surface area (Å²) in [5.74, 6) is -0.944. The fourth-order valence-corrected chi connectivity index (χ4v) is 1.62. The van der Waals surface area contributed by atoms with Crippen LogP contribution in [0, 0.1) is 5.95 Å². The van der Waals surface area contributed by atoms with Crippen molar-refractivity contribution in [3.05, 3.63) is 59.7 Å². The van der Waals surface area contributed by atoms with Crippen LogP contribution in [0.3, 0.4) is 0 Å². The first-order valence-corrected chi connectivity index (χ1v) is 5.70. The summed E-state index contributed by atoms with van der Waals surface area (Å²) in [4.78, 5) is 15.3.